The summed E-state index contributed by atoms with van der Waals surface area (Å²) in [6, 6.07) is 0.617. The van der Waals surface area contributed by atoms with Gasteiger partial charge < -0.3 is 9.84 Å². The second kappa shape index (κ2) is 4.14. The maximum Gasteiger partial charge on any atom is 0.240 e. The Morgan fingerprint density at radius 1 is 1.44 bits per heavy atom. The zero-order valence-corrected chi connectivity index (χ0v) is 9.65. The molecule has 2 fully saturated rings. The lowest BCUT2D eigenvalue weighted by Gasteiger charge is -2.12. The summed E-state index contributed by atoms with van der Waals surface area (Å²) in [4.78, 5) is 6.81. The predicted molar refractivity (Wildman–Crippen MR) is 59.0 cm³/mol. The van der Waals surface area contributed by atoms with Crippen LogP contribution < -0.4 is 5.32 Å². The van der Waals surface area contributed by atoms with Crippen molar-refractivity contribution in [2.24, 2.45) is 0 Å². The van der Waals surface area contributed by atoms with Crippen LogP contribution in [0.2, 0.25) is 0 Å². The first-order valence-corrected chi connectivity index (χ1v) is 6.07. The largest absolute Gasteiger partial charge is 0.338 e. The van der Waals surface area contributed by atoms with E-state index in [1.165, 1.54) is 19.3 Å². The van der Waals surface area contributed by atoms with Crippen molar-refractivity contribution < 1.29 is 4.52 Å². The summed E-state index contributed by atoms with van der Waals surface area (Å²) in [6.45, 7) is 3.00. The lowest BCUT2D eigenvalue weighted by atomic mass is 10.3. The zero-order valence-electron chi connectivity index (χ0n) is 9.65. The summed E-state index contributed by atoms with van der Waals surface area (Å²) in [5.41, 5.74) is 0. The molecule has 88 valence electrons. The van der Waals surface area contributed by atoms with E-state index >= 15 is 0 Å². The van der Waals surface area contributed by atoms with Crippen molar-refractivity contribution in [1.29, 1.82) is 0 Å². The van der Waals surface area contributed by atoms with Crippen molar-refractivity contribution in [3.05, 3.63) is 11.7 Å². The topological polar surface area (TPSA) is 54.2 Å². The molecule has 0 radical (unpaired) electrons. The Morgan fingerprint density at radius 2 is 2.31 bits per heavy atom. The Morgan fingerprint density at radius 3 is 3.00 bits per heavy atom. The van der Waals surface area contributed by atoms with Gasteiger partial charge in [0.1, 0.15) is 0 Å². The van der Waals surface area contributed by atoms with Gasteiger partial charge in [-0.3, -0.25) is 4.90 Å². The van der Waals surface area contributed by atoms with E-state index in [2.05, 4.69) is 20.4 Å². The SMILES string of the molecule is CNC1CCN(Cc2nc(C3CC3)no2)C1. The van der Waals surface area contributed by atoms with Crippen LogP contribution >= 0.6 is 0 Å². The first-order valence-electron chi connectivity index (χ1n) is 6.07. The molecular formula is C11H18N4O. The molecule has 3 rings (SSSR count). The second-order valence-electron chi connectivity index (χ2n) is 4.83. The van der Waals surface area contributed by atoms with E-state index in [-0.39, 0.29) is 0 Å². The molecule has 2 heterocycles. The Balaban J connectivity index is 1.57. The van der Waals surface area contributed by atoms with E-state index in [0.29, 0.717) is 12.0 Å². The van der Waals surface area contributed by atoms with Crippen molar-refractivity contribution in [3.8, 4) is 0 Å². The van der Waals surface area contributed by atoms with E-state index in [0.717, 1.165) is 31.3 Å². The van der Waals surface area contributed by atoms with Gasteiger partial charge in [-0.25, -0.2) is 0 Å². The maximum atomic E-state index is 5.27. The molecule has 5 nitrogen and oxygen atoms in total. The van der Waals surface area contributed by atoms with Crippen LogP contribution in [0.3, 0.4) is 0 Å². The van der Waals surface area contributed by atoms with Crippen molar-refractivity contribution in [2.45, 2.75) is 37.8 Å². The van der Waals surface area contributed by atoms with E-state index < -0.39 is 0 Å². The average Bonchev–Trinajstić information content (AvgIpc) is 2.88. The van der Waals surface area contributed by atoms with Crippen LogP contribution in [0.15, 0.2) is 4.52 Å². The number of likely N-dealkylation sites (tertiary alicyclic amines) is 1. The number of aromatic nitrogens is 2. The third-order valence-corrected chi connectivity index (χ3v) is 3.47. The molecule has 1 unspecified atom stereocenters. The first kappa shape index (κ1) is 10.2. The summed E-state index contributed by atoms with van der Waals surface area (Å²) in [5.74, 6) is 2.28. The number of likely N-dealkylation sites (N-methyl/N-ethyl adjacent to an activating group) is 1. The van der Waals surface area contributed by atoms with E-state index in [9.17, 15) is 0 Å². The molecular weight excluding hydrogens is 204 g/mol. The zero-order chi connectivity index (χ0) is 11.0. The van der Waals surface area contributed by atoms with Crippen molar-refractivity contribution >= 4 is 0 Å². The van der Waals surface area contributed by atoms with Crippen LogP contribution in [0.4, 0.5) is 0 Å². The van der Waals surface area contributed by atoms with Crippen LogP contribution in [0, 0.1) is 0 Å². The minimum absolute atomic E-state index is 0.584. The molecule has 2 aliphatic rings. The van der Waals surface area contributed by atoms with Crippen LogP contribution in [0.5, 0.6) is 0 Å². The van der Waals surface area contributed by atoms with E-state index in [4.69, 9.17) is 4.52 Å². The van der Waals surface area contributed by atoms with Crippen molar-refractivity contribution in [2.75, 3.05) is 20.1 Å². The highest BCUT2D eigenvalue weighted by Gasteiger charge is 2.29. The Labute approximate surface area is 95.2 Å². The second-order valence-corrected chi connectivity index (χ2v) is 4.83. The van der Waals surface area contributed by atoms with Gasteiger partial charge in [-0.2, -0.15) is 4.98 Å². The molecule has 1 aliphatic carbocycles. The van der Waals surface area contributed by atoms with Crippen LogP contribution in [0.1, 0.15) is 36.9 Å². The third kappa shape index (κ3) is 2.10. The lowest BCUT2D eigenvalue weighted by Crippen LogP contribution is -2.29. The monoisotopic (exact) mass is 222 g/mol. The molecule has 0 bridgehead atoms. The van der Waals surface area contributed by atoms with E-state index in [1.54, 1.807) is 0 Å². The average molecular weight is 222 g/mol. The van der Waals surface area contributed by atoms with Gasteiger partial charge in [0.2, 0.25) is 5.89 Å². The maximum absolute atomic E-state index is 5.27. The van der Waals surface area contributed by atoms with Gasteiger partial charge in [-0.05, 0) is 26.3 Å². The molecule has 1 saturated heterocycles. The quantitative estimate of drug-likeness (QED) is 0.814. The number of nitrogens with one attached hydrogen (secondary N) is 1. The molecule has 1 saturated carbocycles. The molecule has 1 N–H and O–H groups in total. The number of nitrogens with zero attached hydrogens (tertiary/aromatic N) is 3. The summed E-state index contributed by atoms with van der Waals surface area (Å²) in [6.07, 6.45) is 3.66. The lowest BCUT2D eigenvalue weighted by molar-refractivity contribution is 0.263. The van der Waals surface area contributed by atoms with Crippen LogP contribution in [-0.2, 0) is 6.54 Å². The summed E-state index contributed by atoms with van der Waals surface area (Å²) in [5, 5.41) is 7.34. The molecule has 1 aliphatic heterocycles. The fourth-order valence-electron chi connectivity index (χ4n) is 2.24. The standard InChI is InChI=1S/C11H18N4O/c1-12-9-4-5-15(6-9)7-10-13-11(14-16-10)8-2-3-8/h8-9,12H,2-7H2,1H3. The van der Waals surface area contributed by atoms with Crippen molar-refractivity contribution in [3.63, 3.8) is 0 Å². The third-order valence-electron chi connectivity index (χ3n) is 3.47. The van der Waals surface area contributed by atoms with Gasteiger partial charge >= 0.3 is 0 Å². The molecule has 16 heavy (non-hydrogen) atoms. The molecule has 0 spiro atoms. The minimum atomic E-state index is 0.584. The predicted octanol–water partition coefficient (Wildman–Crippen LogP) is 0.741. The fourth-order valence-corrected chi connectivity index (χ4v) is 2.24. The molecule has 0 amide bonds. The van der Waals surface area contributed by atoms with Crippen LogP contribution in [-0.4, -0.2) is 41.2 Å². The molecule has 0 aromatic carbocycles. The van der Waals surface area contributed by atoms with Gasteiger partial charge in [-0.15, -0.1) is 0 Å². The highest BCUT2D eigenvalue weighted by molar-refractivity contribution is 5.03. The van der Waals surface area contributed by atoms with Crippen molar-refractivity contribution in [1.82, 2.24) is 20.4 Å². The highest BCUT2D eigenvalue weighted by Crippen LogP contribution is 2.38. The molecule has 1 aromatic rings. The highest BCUT2D eigenvalue weighted by atomic mass is 16.5. The molecule has 5 heteroatoms. The molecule has 1 aromatic heterocycles. The Hall–Kier alpha value is -0.940. The first-order chi connectivity index (χ1) is 7.85. The smallest absolute Gasteiger partial charge is 0.240 e. The summed E-state index contributed by atoms with van der Waals surface area (Å²) in [7, 11) is 2.02. The summed E-state index contributed by atoms with van der Waals surface area (Å²) < 4.78 is 5.27. The fraction of sp³-hybridized carbons (Fsp3) is 0.818. The molecule has 1 atom stereocenters. The summed E-state index contributed by atoms with van der Waals surface area (Å²) >= 11 is 0. The number of hydrogen-bond acceptors (Lipinski definition) is 5. The minimum Gasteiger partial charge on any atom is -0.338 e. The Kier molecular flexibility index (Phi) is 2.65. The van der Waals surface area contributed by atoms with E-state index in [1.807, 2.05) is 7.05 Å². The van der Waals surface area contributed by atoms with Gasteiger partial charge in [0.15, 0.2) is 5.82 Å². The Bertz CT molecular complexity index is 361. The van der Waals surface area contributed by atoms with Gasteiger partial charge in [0.05, 0.1) is 6.54 Å². The van der Waals surface area contributed by atoms with Crippen LogP contribution in [0.25, 0.3) is 0 Å². The van der Waals surface area contributed by atoms with Gasteiger partial charge in [0.25, 0.3) is 0 Å². The number of hydrogen-bond donors (Lipinski definition) is 1. The normalized spacial score (nSPS) is 26.4. The van der Waals surface area contributed by atoms with Gasteiger partial charge in [-0.1, -0.05) is 5.16 Å². The van der Waals surface area contributed by atoms with Gasteiger partial charge in [0, 0.05) is 25.0 Å². The number of rotatable bonds is 4.